The van der Waals surface area contributed by atoms with Crippen molar-refractivity contribution in [3.8, 4) is 11.1 Å². The second-order valence-corrected chi connectivity index (χ2v) is 5.44. The summed E-state index contributed by atoms with van der Waals surface area (Å²) in [5, 5.41) is 12.1. The van der Waals surface area contributed by atoms with Gasteiger partial charge in [0.15, 0.2) is 0 Å². The number of fused-ring (bicyclic) bond motifs is 3. The summed E-state index contributed by atoms with van der Waals surface area (Å²) in [4.78, 5) is 4.49. The van der Waals surface area contributed by atoms with E-state index in [1.54, 1.807) is 0 Å². The van der Waals surface area contributed by atoms with Gasteiger partial charge in [0.2, 0.25) is 0 Å². The number of aromatic nitrogens is 2. The highest BCUT2D eigenvalue weighted by Crippen LogP contribution is 2.37. The molecule has 4 aromatic rings. The van der Waals surface area contributed by atoms with Gasteiger partial charge in [-0.2, -0.15) is 0 Å². The van der Waals surface area contributed by atoms with Crippen molar-refractivity contribution < 1.29 is 5.11 Å². The zero-order valence-corrected chi connectivity index (χ0v) is 12.3. The number of rotatable bonds is 2. The second kappa shape index (κ2) is 4.97. The second-order valence-electron chi connectivity index (χ2n) is 5.44. The minimum Gasteiger partial charge on any atom is -0.390 e. The minimum absolute atomic E-state index is 0.0661. The number of aliphatic hydroxyl groups is 1. The molecule has 0 radical (unpaired) electrons. The highest BCUT2D eigenvalue weighted by Gasteiger charge is 2.16. The third-order valence-electron chi connectivity index (χ3n) is 4.25. The van der Waals surface area contributed by atoms with Crippen molar-refractivity contribution in [3.05, 3.63) is 66.5 Å². The smallest absolute Gasteiger partial charge is 0.0859 e. The summed E-state index contributed by atoms with van der Waals surface area (Å²) >= 11 is 0. The Morgan fingerprint density at radius 2 is 1.68 bits per heavy atom. The highest BCUT2D eigenvalue weighted by molar-refractivity contribution is 6.14. The van der Waals surface area contributed by atoms with Crippen LogP contribution >= 0.6 is 0 Å². The standard InChI is InChI=1S/C19H16N2O/c1-21-16-10-6-5-9-14(16)19-17(21)11-20-15(12-22)18(19)13-7-3-2-4-8-13/h2-11,22H,12H2,1H3. The van der Waals surface area contributed by atoms with E-state index in [-0.39, 0.29) is 6.61 Å². The molecule has 2 heterocycles. The average Bonchev–Trinajstić information content (AvgIpc) is 2.88. The Balaban J connectivity index is 2.24. The first-order valence-electron chi connectivity index (χ1n) is 7.32. The lowest BCUT2D eigenvalue weighted by molar-refractivity contribution is 0.277. The molecule has 0 aliphatic carbocycles. The Hall–Kier alpha value is -2.65. The van der Waals surface area contributed by atoms with Gasteiger partial charge in [0.1, 0.15) is 0 Å². The van der Waals surface area contributed by atoms with E-state index in [0.29, 0.717) is 0 Å². The predicted octanol–water partition coefficient (Wildman–Crippen LogP) is 3.89. The molecule has 0 aliphatic heterocycles. The number of nitrogens with zero attached hydrogens (tertiary/aromatic N) is 2. The maximum Gasteiger partial charge on any atom is 0.0859 e. The van der Waals surface area contributed by atoms with Crippen LogP contribution in [0, 0.1) is 0 Å². The Labute approximate surface area is 128 Å². The van der Waals surface area contributed by atoms with Gasteiger partial charge in [0.05, 0.1) is 24.0 Å². The summed E-state index contributed by atoms with van der Waals surface area (Å²) in [5.74, 6) is 0. The molecular formula is C19H16N2O. The van der Waals surface area contributed by atoms with Crippen molar-refractivity contribution in [1.29, 1.82) is 0 Å². The van der Waals surface area contributed by atoms with Crippen LogP contribution in [0.5, 0.6) is 0 Å². The maximum atomic E-state index is 9.75. The van der Waals surface area contributed by atoms with E-state index < -0.39 is 0 Å². The number of para-hydroxylation sites is 1. The molecule has 3 nitrogen and oxygen atoms in total. The van der Waals surface area contributed by atoms with Gasteiger partial charge < -0.3 is 9.67 Å². The van der Waals surface area contributed by atoms with Crippen LogP contribution in [0.2, 0.25) is 0 Å². The first-order chi connectivity index (χ1) is 10.8. The fraction of sp³-hybridized carbons (Fsp3) is 0.105. The van der Waals surface area contributed by atoms with Crippen LogP contribution in [0.1, 0.15) is 5.69 Å². The monoisotopic (exact) mass is 288 g/mol. The molecule has 2 aromatic carbocycles. The third-order valence-corrected chi connectivity index (χ3v) is 4.25. The molecule has 3 heteroatoms. The summed E-state index contributed by atoms with van der Waals surface area (Å²) < 4.78 is 2.16. The zero-order valence-electron chi connectivity index (χ0n) is 12.3. The van der Waals surface area contributed by atoms with E-state index >= 15 is 0 Å². The van der Waals surface area contributed by atoms with Crippen LogP contribution in [0.4, 0.5) is 0 Å². The zero-order chi connectivity index (χ0) is 15.1. The van der Waals surface area contributed by atoms with Gasteiger partial charge >= 0.3 is 0 Å². The molecule has 4 rings (SSSR count). The van der Waals surface area contributed by atoms with Crippen molar-refractivity contribution >= 4 is 21.8 Å². The van der Waals surface area contributed by atoms with Crippen molar-refractivity contribution in [1.82, 2.24) is 9.55 Å². The van der Waals surface area contributed by atoms with Crippen LogP contribution in [0.25, 0.3) is 32.9 Å². The molecule has 0 spiro atoms. The SMILES string of the molecule is Cn1c2ccccc2c2c(-c3ccccc3)c(CO)ncc21. The van der Waals surface area contributed by atoms with Crippen molar-refractivity contribution in [2.24, 2.45) is 7.05 Å². The molecule has 2 aromatic heterocycles. The highest BCUT2D eigenvalue weighted by atomic mass is 16.3. The van der Waals surface area contributed by atoms with Crippen LogP contribution in [0.3, 0.4) is 0 Å². The topological polar surface area (TPSA) is 38.0 Å². The van der Waals surface area contributed by atoms with E-state index in [0.717, 1.165) is 27.7 Å². The summed E-state index contributed by atoms with van der Waals surface area (Å²) in [5.41, 5.74) is 5.08. The molecule has 0 saturated carbocycles. The van der Waals surface area contributed by atoms with Gasteiger partial charge in [0, 0.05) is 28.9 Å². The summed E-state index contributed by atoms with van der Waals surface area (Å²) in [6.07, 6.45) is 1.85. The number of benzene rings is 2. The number of aryl methyl sites for hydroxylation is 1. The van der Waals surface area contributed by atoms with Gasteiger partial charge in [-0.3, -0.25) is 4.98 Å². The maximum absolute atomic E-state index is 9.75. The first-order valence-corrected chi connectivity index (χ1v) is 7.32. The molecule has 1 N–H and O–H groups in total. The van der Waals surface area contributed by atoms with Crippen LogP contribution in [-0.4, -0.2) is 14.7 Å². The molecular weight excluding hydrogens is 272 g/mol. The molecule has 22 heavy (non-hydrogen) atoms. The lowest BCUT2D eigenvalue weighted by Gasteiger charge is -2.09. The molecule has 0 saturated heterocycles. The Morgan fingerprint density at radius 1 is 0.955 bits per heavy atom. The summed E-state index contributed by atoms with van der Waals surface area (Å²) in [7, 11) is 2.06. The fourth-order valence-electron chi connectivity index (χ4n) is 3.21. The van der Waals surface area contributed by atoms with Crippen LogP contribution in [-0.2, 0) is 13.7 Å². The Kier molecular flexibility index (Phi) is 2.94. The summed E-state index contributed by atoms with van der Waals surface area (Å²) in [6.45, 7) is -0.0661. The summed E-state index contributed by atoms with van der Waals surface area (Å²) in [6, 6.07) is 18.5. The van der Waals surface area contributed by atoms with Crippen LogP contribution in [0.15, 0.2) is 60.8 Å². The quantitative estimate of drug-likeness (QED) is 0.608. The molecule has 108 valence electrons. The molecule has 0 bridgehead atoms. The van der Waals surface area contributed by atoms with Gasteiger partial charge in [-0.15, -0.1) is 0 Å². The van der Waals surface area contributed by atoms with E-state index in [2.05, 4.69) is 46.9 Å². The van der Waals surface area contributed by atoms with Gasteiger partial charge in [0.25, 0.3) is 0 Å². The van der Waals surface area contributed by atoms with Gasteiger partial charge in [-0.25, -0.2) is 0 Å². The Bertz CT molecular complexity index is 971. The van der Waals surface area contributed by atoms with Crippen molar-refractivity contribution in [2.45, 2.75) is 6.61 Å². The number of hydrogen-bond donors (Lipinski definition) is 1. The van der Waals surface area contributed by atoms with Crippen LogP contribution < -0.4 is 0 Å². The third kappa shape index (κ3) is 1.76. The fourth-order valence-corrected chi connectivity index (χ4v) is 3.21. The van der Waals surface area contributed by atoms with E-state index in [9.17, 15) is 5.11 Å². The van der Waals surface area contributed by atoms with Crippen molar-refractivity contribution in [3.63, 3.8) is 0 Å². The van der Waals surface area contributed by atoms with E-state index in [4.69, 9.17) is 0 Å². The molecule has 0 aliphatic rings. The van der Waals surface area contributed by atoms with E-state index in [1.807, 2.05) is 30.5 Å². The predicted molar refractivity (Wildman–Crippen MR) is 89.6 cm³/mol. The number of aliphatic hydroxyl groups excluding tert-OH is 1. The normalized spacial score (nSPS) is 11.4. The Morgan fingerprint density at radius 3 is 2.45 bits per heavy atom. The molecule has 0 unspecified atom stereocenters. The minimum atomic E-state index is -0.0661. The number of pyridine rings is 1. The molecule has 0 amide bonds. The lowest BCUT2D eigenvalue weighted by atomic mass is 9.98. The average molecular weight is 288 g/mol. The van der Waals surface area contributed by atoms with Gasteiger partial charge in [-0.05, 0) is 11.6 Å². The molecule has 0 fully saturated rings. The molecule has 0 atom stereocenters. The van der Waals surface area contributed by atoms with E-state index in [1.165, 1.54) is 10.9 Å². The van der Waals surface area contributed by atoms with Crippen molar-refractivity contribution in [2.75, 3.05) is 0 Å². The first kappa shape index (κ1) is 13.0. The largest absolute Gasteiger partial charge is 0.390 e. The lowest BCUT2D eigenvalue weighted by Crippen LogP contribution is -1.96. The number of hydrogen-bond acceptors (Lipinski definition) is 2. The van der Waals surface area contributed by atoms with Gasteiger partial charge in [-0.1, -0.05) is 48.5 Å².